The number of anilines is 2. The van der Waals surface area contributed by atoms with Crippen LogP contribution in [0.15, 0.2) is 46.9 Å². The number of hydrogen-bond donors (Lipinski definition) is 1. The Hall–Kier alpha value is -2.34. The highest BCUT2D eigenvalue weighted by molar-refractivity contribution is 9.10. The van der Waals surface area contributed by atoms with E-state index in [0.29, 0.717) is 11.3 Å². The van der Waals surface area contributed by atoms with Crippen LogP contribution < -0.4 is 10.2 Å². The lowest BCUT2D eigenvalue weighted by molar-refractivity contribution is -0.119. The van der Waals surface area contributed by atoms with Crippen molar-refractivity contribution in [3.05, 3.63) is 58.1 Å². The zero-order valence-corrected chi connectivity index (χ0v) is 15.4. The van der Waals surface area contributed by atoms with E-state index in [2.05, 4.69) is 21.2 Å². The summed E-state index contributed by atoms with van der Waals surface area (Å²) >= 11 is 3.41. The Kier molecular flexibility index (Phi) is 5.98. The normalized spacial score (nSPS) is 10.2. The molecule has 126 valence electrons. The zero-order valence-electron chi connectivity index (χ0n) is 13.8. The predicted octanol–water partition coefficient (Wildman–Crippen LogP) is 3.62. The van der Waals surface area contributed by atoms with Crippen LogP contribution in [-0.2, 0) is 9.53 Å². The number of amides is 1. The second-order valence-corrected chi connectivity index (χ2v) is 6.39. The Morgan fingerprint density at radius 2 is 1.92 bits per heavy atom. The molecule has 0 saturated heterocycles. The first-order valence-electron chi connectivity index (χ1n) is 7.37. The Morgan fingerprint density at radius 1 is 1.17 bits per heavy atom. The highest BCUT2D eigenvalue weighted by Crippen LogP contribution is 2.20. The fraction of sp³-hybridized carbons (Fsp3) is 0.222. The van der Waals surface area contributed by atoms with Crippen molar-refractivity contribution in [2.24, 2.45) is 0 Å². The third-order valence-corrected chi connectivity index (χ3v) is 4.24. The standard InChI is InChI=1S/C18H19BrN2O3/c1-12-7-8-14(10-16(12)19)20-17(22)11-24-18(23)13-5-4-6-15(9-13)21(2)3/h4-10H,11H2,1-3H3,(H,20,22). The summed E-state index contributed by atoms with van der Waals surface area (Å²) in [4.78, 5) is 25.8. The molecular weight excluding hydrogens is 372 g/mol. The first-order valence-corrected chi connectivity index (χ1v) is 8.16. The molecule has 0 atom stereocenters. The van der Waals surface area contributed by atoms with Gasteiger partial charge in [0.1, 0.15) is 0 Å². The summed E-state index contributed by atoms with van der Waals surface area (Å²) in [7, 11) is 3.77. The Labute approximate surface area is 149 Å². The van der Waals surface area contributed by atoms with Crippen molar-refractivity contribution in [1.29, 1.82) is 0 Å². The Morgan fingerprint density at radius 3 is 2.58 bits per heavy atom. The van der Waals surface area contributed by atoms with Gasteiger partial charge in [0.05, 0.1) is 5.56 Å². The molecule has 0 aliphatic heterocycles. The van der Waals surface area contributed by atoms with Gasteiger partial charge in [-0.15, -0.1) is 0 Å². The lowest BCUT2D eigenvalue weighted by Gasteiger charge is -2.13. The number of ether oxygens (including phenoxy) is 1. The molecule has 2 rings (SSSR count). The van der Waals surface area contributed by atoms with Gasteiger partial charge in [0, 0.05) is 29.9 Å². The maximum atomic E-state index is 12.0. The summed E-state index contributed by atoms with van der Waals surface area (Å²) in [5, 5.41) is 2.69. The van der Waals surface area contributed by atoms with Crippen LogP contribution in [0.5, 0.6) is 0 Å². The van der Waals surface area contributed by atoms with Gasteiger partial charge in [0.25, 0.3) is 5.91 Å². The summed E-state index contributed by atoms with van der Waals surface area (Å²) in [6.07, 6.45) is 0. The molecule has 6 heteroatoms. The summed E-state index contributed by atoms with van der Waals surface area (Å²) < 4.78 is 5.97. The van der Waals surface area contributed by atoms with Crippen molar-refractivity contribution in [2.45, 2.75) is 6.92 Å². The van der Waals surface area contributed by atoms with E-state index < -0.39 is 5.97 Å². The van der Waals surface area contributed by atoms with E-state index in [1.54, 1.807) is 30.3 Å². The number of rotatable bonds is 5. The first kappa shape index (κ1) is 18.0. The molecular formula is C18H19BrN2O3. The summed E-state index contributed by atoms with van der Waals surface area (Å²) in [5.74, 6) is -0.915. The SMILES string of the molecule is Cc1ccc(NC(=O)COC(=O)c2cccc(N(C)C)c2)cc1Br. The Balaban J connectivity index is 1.92. The molecule has 0 aromatic heterocycles. The van der Waals surface area contributed by atoms with Gasteiger partial charge in [0.2, 0.25) is 0 Å². The van der Waals surface area contributed by atoms with Crippen LogP contribution >= 0.6 is 15.9 Å². The summed E-state index contributed by atoms with van der Waals surface area (Å²) in [5.41, 5.74) is 3.01. The molecule has 1 N–H and O–H groups in total. The van der Waals surface area contributed by atoms with Crippen LogP contribution in [0.25, 0.3) is 0 Å². The fourth-order valence-electron chi connectivity index (χ4n) is 1.99. The van der Waals surface area contributed by atoms with E-state index in [0.717, 1.165) is 15.7 Å². The molecule has 0 unspecified atom stereocenters. The molecule has 0 fully saturated rings. The summed E-state index contributed by atoms with van der Waals surface area (Å²) in [6.45, 7) is 1.62. The van der Waals surface area contributed by atoms with Crippen LogP contribution in [0, 0.1) is 6.92 Å². The average Bonchev–Trinajstić information content (AvgIpc) is 2.56. The molecule has 0 spiro atoms. The number of halogens is 1. The lowest BCUT2D eigenvalue weighted by Crippen LogP contribution is -2.21. The highest BCUT2D eigenvalue weighted by Gasteiger charge is 2.11. The van der Waals surface area contributed by atoms with Crippen molar-refractivity contribution in [3.63, 3.8) is 0 Å². The van der Waals surface area contributed by atoms with E-state index in [-0.39, 0.29) is 12.5 Å². The first-order chi connectivity index (χ1) is 11.4. The third-order valence-electron chi connectivity index (χ3n) is 3.39. The van der Waals surface area contributed by atoms with Gasteiger partial charge < -0.3 is 15.0 Å². The molecule has 0 aliphatic carbocycles. The molecule has 0 heterocycles. The van der Waals surface area contributed by atoms with Crippen LogP contribution in [0.1, 0.15) is 15.9 Å². The smallest absolute Gasteiger partial charge is 0.338 e. The number of carbonyl (C=O) groups is 2. The van der Waals surface area contributed by atoms with Crippen molar-refractivity contribution < 1.29 is 14.3 Å². The number of carbonyl (C=O) groups excluding carboxylic acids is 2. The topological polar surface area (TPSA) is 58.6 Å². The van der Waals surface area contributed by atoms with Gasteiger partial charge in [-0.1, -0.05) is 28.1 Å². The summed E-state index contributed by atoms with van der Waals surface area (Å²) in [6, 6.07) is 12.5. The minimum absolute atomic E-state index is 0.337. The van der Waals surface area contributed by atoms with Gasteiger partial charge in [-0.3, -0.25) is 4.79 Å². The molecule has 1 amide bonds. The van der Waals surface area contributed by atoms with E-state index in [1.165, 1.54) is 0 Å². The second kappa shape index (κ2) is 7.97. The lowest BCUT2D eigenvalue weighted by atomic mass is 10.2. The molecule has 0 bridgehead atoms. The predicted molar refractivity (Wildman–Crippen MR) is 98.6 cm³/mol. The van der Waals surface area contributed by atoms with Crippen molar-refractivity contribution in [1.82, 2.24) is 0 Å². The van der Waals surface area contributed by atoms with Crippen molar-refractivity contribution >= 4 is 39.2 Å². The molecule has 0 saturated carbocycles. The molecule has 5 nitrogen and oxygen atoms in total. The van der Waals surface area contributed by atoms with Crippen LogP contribution in [-0.4, -0.2) is 32.6 Å². The largest absolute Gasteiger partial charge is 0.452 e. The van der Waals surface area contributed by atoms with Crippen LogP contribution in [0.2, 0.25) is 0 Å². The highest BCUT2D eigenvalue weighted by atomic mass is 79.9. The minimum atomic E-state index is -0.529. The van der Waals surface area contributed by atoms with Crippen LogP contribution in [0.4, 0.5) is 11.4 Å². The number of nitrogens with one attached hydrogen (secondary N) is 1. The van der Waals surface area contributed by atoms with E-state index in [1.807, 2.05) is 38.1 Å². The maximum Gasteiger partial charge on any atom is 0.338 e. The maximum absolute atomic E-state index is 12.0. The van der Waals surface area contributed by atoms with Crippen molar-refractivity contribution in [2.75, 3.05) is 30.9 Å². The van der Waals surface area contributed by atoms with Gasteiger partial charge in [-0.2, -0.15) is 0 Å². The number of aryl methyl sites for hydroxylation is 1. The molecule has 2 aromatic carbocycles. The van der Waals surface area contributed by atoms with Gasteiger partial charge in [-0.05, 0) is 42.8 Å². The third kappa shape index (κ3) is 4.83. The van der Waals surface area contributed by atoms with Crippen LogP contribution in [0.3, 0.4) is 0 Å². The average molecular weight is 391 g/mol. The molecule has 0 radical (unpaired) electrons. The fourth-order valence-corrected chi connectivity index (χ4v) is 2.37. The van der Waals surface area contributed by atoms with Gasteiger partial charge in [0.15, 0.2) is 6.61 Å². The number of benzene rings is 2. The van der Waals surface area contributed by atoms with Gasteiger partial charge in [-0.25, -0.2) is 4.79 Å². The second-order valence-electron chi connectivity index (χ2n) is 5.53. The van der Waals surface area contributed by atoms with E-state index in [9.17, 15) is 9.59 Å². The molecule has 24 heavy (non-hydrogen) atoms. The molecule has 2 aromatic rings. The quantitative estimate of drug-likeness (QED) is 0.792. The monoisotopic (exact) mass is 390 g/mol. The minimum Gasteiger partial charge on any atom is -0.452 e. The van der Waals surface area contributed by atoms with Gasteiger partial charge >= 0.3 is 5.97 Å². The number of esters is 1. The molecule has 0 aliphatic rings. The number of hydrogen-bond acceptors (Lipinski definition) is 4. The zero-order chi connectivity index (χ0) is 17.7. The van der Waals surface area contributed by atoms with E-state index in [4.69, 9.17) is 4.74 Å². The Bertz CT molecular complexity index is 760. The van der Waals surface area contributed by atoms with Crippen molar-refractivity contribution in [3.8, 4) is 0 Å². The number of nitrogens with zero attached hydrogens (tertiary/aromatic N) is 1. The van der Waals surface area contributed by atoms with E-state index >= 15 is 0 Å².